The molecular formula is C17H22N2O3S. The van der Waals surface area contributed by atoms with Crippen LogP contribution < -0.4 is 14.8 Å². The quantitative estimate of drug-likeness (QED) is 0.815. The van der Waals surface area contributed by atoms with Crippen LogP contribution in [0.3, 0.4) is 0 Å². The second-order valence-electron chi connectivity index (χ2n) is 5.96. The highest BCUT2D eigenvalue weighted by molar-refractivity contribution is 7.13. The van der Waals surface area contributed by atoms with Crippen molar-refractivity contribution in [1.82, 2.24) is 10.3 Å². The van der Waals surface area contributed by atoms with Gasteiger partial charge in [0, 0.05) is 30.1 Å². The van der Waals surface area contributed by atoms with Crippen molar-refractivity contribution in [3.63, 3.8) is 0 Å². The third-order valence-corrected chi connectivity index (χ3v) is 4.90. The van der Waals surface area contributed by atoms with Gasteiger partial charge >= 0.3 is 0 Å². The second kappa shape index (κ2) is 7.29. The van der Waals surface area contributed by atoms with Crippen molar-refractivity contribution in [2.24, 2.45) is 5.92 Å². The van der Waals surface area contributed by atoms with E-state index in [0.29, 0.717) is 18.5 Å². The summed E-state index contributed by atoms with van der Waals surface area (Å²) in [7, 11) is 0. The maximum absolute atomic E-state index is 9.14. The zero-order valence-corrected chi connectivity index (χ0v) is 14.2. The molecule has 0 unspecified atom stereocenters. The van der Waals surface area contributed by atoms with E-state index in [1.165, 1.54) is 0 Å². The average Bonchev–Trinajstić information content (AvgIpc) is 3.19. The summed E-state index contributed by atoms with van der Waals surface area (Å²) < 4.78 is 10.8. The van der Waals surface area contributed by atoms with Crippen LogP contribution in [0.15, 0.2) is 23.6 Å². The first kappa shape index (κ1) is 16.2. The predicted octanol–water partition coefficient (Wildman–Crippen LogP) is 3.04. The van der Waals surface area contributed by atoms with Crippen molar-refractivity contribution in [3.05, 3.63) is 29.3 Å². The number of aromatic nitrogens is 1. The smallest absolute Gasteiger partial charge is 0.231 e. The number of hydrogen-bond acceptors (Lipinski definition) is 6. The lowest BCUT2D eigenvalue weighted by molar-refractivity contribution is 0.174. The van der Waals surface area contributed by atoms with Gasteiger partial charge in [-0.2, -0.15) is 0 Å². The van der Waals surface area contributed by atoms with Crippen LogP contribution in [0.1, 0.15) is 26.0 Å². The molecule has 2 N–H and O–H groups in total. The lowest BCUT2D eigenvalue weighted by Gasteiger charge is -2.20. The van der Waals surface area contributed by atoms with Crippen LogP contribution in [0.4, 0.5) is 0 Å². The molecule has 1 aromatic carbocycles. The summed E-state index contributed by atoms with van der Waals surface area (Å²) in [6, 6.07) is 6.20. The number of rotatable bonds is 7. The number of ether oxygens (including phenoxy) is 2. The topological polar surface area (TPSA) is 63.6 Å². The summed E-state index contributed by atoms with van der Waals surface area (Å²) in [4.78, 5) is 4.69. The lowest BCUT2D eigenvalue weighted by Crippen LogP contribution is -2.34. The van der Waals surface area contributed by atoms with Crippen molar-refractivity contribution in [2.75, 3.05) is 13.4 Å². The minimum atomic E-state index is 0.204. The summed E-state index contributed by atoms with van der Waals surface area (Å²) in [6.07, 6.45) is 0.761. The molecule has 1 aliphatic heterocycles. The molecule has 0 fully saturated rings. The van der Waals surface area contributed by atoms with Crippen molar-refractivity contribution in [1.29, 1.82) is 0 Å². The summed E-state index contributed by atoms with van der Waals surface area (Å²) in [5.41, 5.74) is 2.06. The first-order valence-electron chi connectivity index (χ1n) is 7.86. The summed E-state index contributed by atoms with van der Waals surface area (Å²) in [6.45, 7) is 5.52. The largest absolute Gasteiger partial charge is 0.454 e. The molecule has 1 atom stereocenters. The van der Waals surface area contributed by atoms with Gasteiger partial charge in [0.1, 0.15) is 5.01 Å². The van der Waals surface area contributed by atoms with Crippen LogP contribution in [0, 0.1) is 5.92 Å². The van der Waals surface area contributed by atoms with E-state index < -0.39 is 0 Å². The maximum atomic E-state index is 9.14. The fourth-order valence-corrected chi connectivity index (χ4v) is 3.41. The molecular weight excluding hydrogens is 312 g/mol. The minimum Gasteiger partial charge on any atom is -0.454 e. The zero-order chi connectivity index (χ0) is 16.2. The molecule has 0 saturated heterocycles. The summed E-state index contributed by atoms with van der Waals surface area (Å²) in [5, 5.41) is 15.7. The lowest BCUT2D eigenvalue weighted by atomic mass is 10.0. The predicted molar refractivity (Wildman–Crippen MR) is 90.8 cm³/mol. The van der Waals surface area contributed by atoms with Crippen molar-refractivity contribution >= 4 is 11.3 Å². The van der Waals surface area contributed by atoms with E-state index in [1.807, 2.05) is 18.2 Å². The molecule has 2 aromatic rings. The monoisotopic (exact) mass is 334 g/mol. The van der Waals surface area contributed by atoms with Crippen LogP contribution in [-0.4, -0.2) is 29.5 Å². The van der Waals surface area contributed by atoms with Gasteiger partial charge in [0.25, 0.3) is 0 Å². The number of aliphatic hydroxyl groups excluding tert-OH is 1. The average molecular weight is 334 g/mol. The molecule has 0 bridgehead atoms. The molecule has 0 aliphatic carbocycles. The van der Waals surface area contributed by atoms with Crippen LogP contribution in [0.5, 0.6) is 11.5 Å². The van der Waals surface area contributed by atoms with Crippen LogP contribution in [0.25, 0.3) is 10.6 Å². The third-order valence-electron chi connectivity index (χ3n) is 3.96. The number of aliphatic hydroxyl groups is 1. The Labute approximate surface area is 140 Å². The van der Waals surface area contributed by atoms with E-state index >= 15 is 0 Å². The summed E-state index contributed by atoms with van der Waals surface area (Å²) >= 11 is 1.62. The van der Waals surface area contributed by atoms with Gasteiger partial charge < -0.3 is 19.9 Å². The second-order valence-corrected chi connectivity index (χ2v) is 6.81. The van der Waals surface area contributed by atoms with Crippen molar-refractivity contribution < 1.29 is 14.6 Å². The van der Waals surface area contributed by atoms with Gasteiger partial charge in [-0.15, -0.1) is 11.3 Å². The number of nitrogens with one attached hydrogen (secondary N) is 1. The first-order chi connectivity index (χ1) is 11.2. The number of nitrogens with zero attached hydrogens (tertiary/aromatic N) is 1. The van der Waals surface area contributed by atoms with E-state index in [2.05, 4.69) is 24.5 Å². The van der Waals surface area contributed by atoms with Crippen LogP contribution in [-0.2, 0) is 6.54 Å². The molecule has 0 radical (unpaired) electrons. The normalized spacial score (nSPS) is 14.4. The Bertz CT molecular complexity index is 657. The fourth-order valence-electron chi connectivity index (χ4n) is 2.60. The molecule has 1 aliphatic rings. The molecule has 3 rings (SSSR count). The standard InChI is InChI=1S/C17H22N2O3S/c1-11(2)14(5-6-20)18-8-13-9-23-17(19-13)12-3-4-15-16(7-12)22-10-21-15/h3-4,7,9,11,14,18,20H,5-6,8,10H2,1-2H3/t14-/m1/s1. The Morgan fingerprint density at radius 2 is 2.13 bits per heavy atom. The fraction of sp³-hybridized carbons (Fsp3) is 0.471. The Kier molecular flexibility index (Phi) is 5.15. The summed E-state index contributed by atoms with van der Waals surface area (Å²) in [5.74, 6) is 2.05. The highest BCUT2D eigenvalue weighted by Crippen LogP contribution is 2.36. The molecule has 1 aromatic heterocycles. The van der Waals surface area contributed by atoms with E-state index in [4.69, 9.17) is 19.6 Å². The molecule has 0 spiro atoms. The van der Waals surface area contributed by atoms with Gasteiger partial charge in [0.05, 0.1) is 5.69 Å². The van der Waals surface area contributed by atoms with Gasteiger partial charge in [-0.1, -0.05) is 13.8 Å². The van der Waals surface area contributed by atoms with Gasteiger partial charge in [0.15, 0.2) is 11.5 Å². The molecule has 5 nitrogen and oxygen atoms in total. The molecule has 0 saturated carbocycles. The molecule has 0 amide bonds. The highest BCUT2D eigenvalue weighted by atomic mass is 32.1. The maximum Gasteiger partial charge on any atom is 0.231 e. The van der Waals surface area contributed by atoms with E-state index in [9.17, 15) is 0 Å². The number of thiazole rings is 1. The Hall–Kier alpha value is -1.63. The number of fused-ring (bicyclic) bond motifs is 1. The molecule has 6 heteroatoms. The van der Waals surface area contributed by atoms with Crippen molar-refractivity contribution in [2.45, 2.75) is 32.9 Å². The van der Waals surface area contributed by atoms with Crippen LogP contribution >= 0.6 is 11.3 Å². The highest BCUT2D eigenvalue weighted by Gasteiger charge is 2.16. The third kappa shape index (κ3) is 3.83. The molecule has 23 heavy (non-hydrogen) atoms. The van der Waals surface area contributed by atoms with E-state index in [-0.39, 0.29) is 13.4 Å². The van der Waals surface area contributed by atoms with Gasteiger partial charge in [-0.3, -0.25) is 0 Å². The Morgan fingerprint density at radius 1 is 1.30 bits per heavy atom. The first-order valence-corrected chi connectivity index (χ1v) is 8.74. The van der Waals surface area contributed by atoms with Gasteiger partial charge in [-0.05, 0) is 30.5 Å². The van der Waals surface area contributed by atoms with Gasteiger partial charge in [0.2, 0.25) is 6.79 Å². The number of hydrogen-bond donors (Lipinski definition) is 2. The molecule has 2 heterocycles. The minimum absolute atomic E-state index is 0.204. The SMILES string of the molecule is CC(C)[C@@H](CCO)NCc1csc(-c2ccc3c(c2)OCO3)n1. The van der Waals surface area contributed by atoms with Crippen molar-refractivity contribution in [3.8, 4) is 22.1 Å². The Morgan fingerprint density at radius 3 is 2.91 bits per heavy atom. The zero-order valence-electron chi connectivity index (χ0n) is 13.4. The van der Waals surface area contributed by atoms with Gasteiger partial charge in [-0.25, -0.2) is 4.98 Å². The molecule has 124 valence electrons. The number of benzene rings is 1. The van der Waals surface area contributed by atoms with Crippen LogP contribution in [0.2, 0.25) is 0 Å². The Balaban J connectivity index is 1.66. The van der Waals surface area contributed by atoms with E-state index in [0.717, 1.165) is 34.2 Å². The van der Waals surface area contributed by atoms with E-state index in [1.54, 1.807) is 11.3 Å².